The fourth-order valence-corrected chi connectivity index (χ4v) is 3.53. The lowest BCUT2D eigenvalue weighted by molar-refractivity contribution is 0.102. The minimum absolute atomic E-state index is 0.0632. The predicted octanol–water partition coefficient (Wildman–Crippen LogP) is 5.74. The Bertz CT molecular complexity index is 1610. The van der Waals surface area contributed by atoms with Gasteiger partial charge in [-0.25, -0.2) is 19.5 Å². The molecule has 35 heavy (non-hydrogen) atoms. The number of hydrogen-bond acceptors (Lipinski definition) is 7. The van der Waals surface area contributed by atoms with Gasteiger partial charge in [0.05, 0.1) is 18.3 Å². The van der Waals surface area contributed by atoms with E-state index in [-0.39, 0.29) is 28.5 Å². The summed E-state index contributed by atoms with van der Waals surface area (Å²) < 4.78 is 1.35. The number of azo groups is 1. The Kier molecular flexibility index (Phi) is 5.63. The maximum Gasteiger partial charge on any atom is 0.260 e. The Balaban J connectivity index is 1.60. The maximum atomic E-state index is 13.2. The van der Waals surface area contributed by atoms with Crippen molar-refractivity contribution in [2.24, 2.45) is 10.2 Å². The standard InChI is InChI=1S/C25H16N8O2/c1-26-20-14-29-33(21-11-12-27-15-28-21)24(20)32-31-19-13-16-7-5-6-10-18(16)22(23(19)34)25(35)30-17-8-3-2-4-9-17/h2-15,34H,(H,30,35). The van der Waals surface area contributed by atoms with Crippen molar-refractivity contribution in [3.8, 4) is 11.6 Å². The molecule has 0 unspecified atom stereocenters. The van der Waals surface area contributed by atoms with E-state index in [1.54, 1.807) is 48.5 Å². The molecule has 2 N–H and O–H groups in total. The third-order valence-corrected chi connectivity index (χ3v) is 5.14. The Hall–Kier alpha value is -5.43. The van der Waals surface area contributed by atoms with Crippen LogP contribution in [0.4, 0.5) is 22.9 Å². The minimum atomic E-state index is -0.491. The summed E-state index contributed by atoms with van der Waals surface area (Å²) in [5, 5.41) is 27.7. The van der Waals surface area contributed by atoms with E-state index in [1.165, 1.54) is 23.4 Å². The van der Waals surface area contributed by atoms with E-state index in [9.17, 15) is 9.90 Å². The number of rotatable bonds is 5. The third kappa shape index (κ3) is 4.17. The summed E-state index contributed by atoms with van der Waals surface area (Å²) in [4.78, 5) is 24.6. The quantitative estimate of drug-likeness (QED) is 0.256. The number of carbonyl (C=O) groups excluding carboxylic acids is 1. The molecule has 1 amide bonds. The molecule has 0 radical (unpaired) electrons. The van der Waals surface area contributed by atoms with Crippen molar-refractivity contribution in [1.82, 2.24) is 19.7 Å². The topological polar surface area (TPSA) is 122 Å². The zero-order chi connectivity index (χ0) is 24.2. The second-order valence-electron chi connectivity index (χ2n) is 7.31. The molecule has 0 saturated carbocycles. The number of nitrogens with one attached hydrogen (secondary N) is 1. The Labute approximate surface area is 199 Å². The lowest BCUT2D eigenvalue weighted by Gasteiger charge is -2.12. The molecule has 0 aliphatic rings. The number of amides is 1. The number of phenolic OH excluding ortho intramolecular Hbond substituents is 1. The molecule has 0 atom stereocenters. The molecule has 168 valence electrons. The van der Waals surface area contributed by atoms with Crippen molar-refractivity contribution in [2.75, 3.05) is 5.32 Å². The lowest BCUT2D eigenvalue weighted by atomic mass is 10.0. The molecule has 5 rings (SSSR count). The van der Waals surface area contributed by atoms with Crippen LogP contribution in [0, 0.1) is 6.57 Å². The molecule has 10 heteroatoms. The van der Waals surface area contributed by atoms with Gasteiger partial charge < -0.3 is 10.4 Å². The van der Waals surface area contributed by atoms with Gasteiger partial charge in [-0.15, -0.1) is 10.2 Å². The first-order chi connectivity index (χ1) is 17.2. The van der Waals surface area contributed by atoms with Gasteiger partial charge in [-0.2, -0.15) is 5.10 Å². The van der Waals surface area contributed by atoms with Crippen LogP contribution in [0.15, 0.2) is 95.7 Å². The van der Waals surface area contributed by atoms with Crippen LogP contribution in [-0.4, -0.2) is 30.8 Å². The van der Waals surface area contributed by atoms with Crippen molar-refractivity contribution in [2.45, 2.75) is 0 Å². The Morgan fingerprint density at radius 3 is 2.63 bits per heavy atom. The molecule has 10 nitrogen and oxygen atoms in total. The van der Waals surface area contributed by atoms with Crippen molar-refractivity contribution in [1.29, 1.82) is 0 Å². The monoisotopic (exact) mass is 460 g/mol. The van der Waals surface area contributed by atoms with Crippen molar-refractivity contribution < 1.29 is 9.90 Å². The number of aromatic hydroxyl groups is 1. The molecule has 2 heterocycles. The number of phenols is 1. The summed E-state index contributed by atoms with van der Waals surface area (Å²) in [6, 6.07) is 19.3. The van der Waals surface area contributed by atoms with Gasteiger partial charge in [0.2, 0.25) is 0 Å². The second kappa shape index (κ2) is 9.21. The van der Waals surface area contributed by atoms with Crippen molar-refractivity contribution >= 4 is 39.6 Å². The zero-order valence-corrected chi connectivity index (χ0v) is 18.1. The SMILES string of the molecule is [C-]#[N+]c1cnn(-c2ccncn2)c1N=Nc1cc2ccccc2c(C(=O)Nc2ccccc2)c1O. The van der Waals surface area contributed by atoms with Crippen LogP contribution in [0.2, 0.25) is 0 Å². The smallest absolute Gasteiger partial charge is 0.260 e. The number of anilines is 1. The number of benzene rings is 3. The number of fused-ring (bicyclic) bond motifs is 1. The molecule has 0 aliphatic carbocycles. The van der Waals surface area contributed by atoms with Gasteiger partial charge >= 0.3 is 0 Å². The van der Waals surface area contributed by atoms with E-state index in [4.69, 9.17) is 6.57 Å². The first-order valence-electron chi connectivity index (χ1n) is 10.4. The fraction of sp³-hybridized carbons (Fsp3) is 0. The van der Waals surface area contributed by atoms with E-state index in [1.807, 2.05) is 18.2 Å². The van der Waals surface area contributed by atoms with E-state index in [0.29, 0.717) is 22.3 Å². The highest BCUT2D eigenvalue weighted by Gasteiger charge is 2.20. The lowest BCUT2D eigenvalue weighted by Crippen LogP contribution is -2.12. The minimum Gasteiger partial charge on any atom is -0.505 e. The van der Waals surface area contributed by atoms with Crippen LogP contribution in [-0.2, 0) is 0 Å². The first kappa shape index (κ1) is 21.4. The van der Waals surface area contributed by atoms with Crippen LogP contribution in [0.25, 0.3) is 21.4 Å². The molecule has 0 saturated heterocycles. The number of hydrogen-bond donors (Lipinski definition) is 2. The van der Waals surface area contributed by atoms with Crippen LogP contribution in [0.1, 0.15) is 10.4 Å². The van der Waals surface area contributed by atoms with Crippen LogP contribution >= 0.6 is 0 Å². The summed E-state index contributed by atoms with van der Waals surface area (Å²) in [6.07, 6.45) is 4.24. The molecule has 0 aliphatic heterocycles. The normalized spacial score (nSPS) is 10.9. The highest BCUT2D eigenvalue weighted by Crippen LogP contribution is 2.39. The maximum absolute atomic E-state index is 13.2. The first-order valence-corrected chi connectivity index (χ1v) is 10.4. The largest absolute Gasteiger partial charge is 0.505 e. The van der Waals surface area contributed by atoms with Crippen molar-refractivity contribution in [3.05, 3.63) is 102 Å². The van der Waals surface area contributed by atoms with Crippen LogP contribution in [0.5, 0.6) is 5.75 Å². The Morgan fingerprint density at radius 2 is 1.86 bits per heavy atom. The van der Waals surface area contributed by atoms with Crippen LogP contribution < -0.4 is 5.32 Å². The zero-order valence-electron chi connectivity index (χ0n) is 18.1. The Morgan fingerprint density at radius 1 is 1.06 bits per heavy atom. The van der Waals surface area contributed by atoms with Gasteiger partial charge in [0, 0.05) is 18.0 Å². The molecule has 2 aromatic heterocycles. The van der Waals surface area contributed by atoms with E-state index < -0.39 is 5.91 Å². The summed E-state index contributed by atoms with van der Waals surface area (Å²) in [7, 11) is 0. The molecular weight excluding hydrogens is 444 g/mol. The number of nitrogens with zero attached hydrogens (tertiary/aromatic N) is 7. The molecule has 0 bridgehead atoms. The average molecular weight is 460 g/mol. The van der Waals surface area contributed by atoms with Gasteiger partial charge in [0.15, 0.2) is 17.4 Å². The number of carbonyl (C=O) groups is 1. The number of aromatic nitrogens is 4. The molecule has 5 aromatic rings. The van der Waals surface area contributed by atoms with E-state index in [0.717, 1.165) is 0 Å². The molecule has 0 fully saturated rings. The van der Waals surface area contributed by atoms with E-state index in [2.05, 4.69) is 35.5 Å². The van der Waals surface area contributed by atoms with E-state index >= 15 is 0 Å². The number of para-hydroxylation sites is 1. The summed E-state index contributed by atoms with van der Waals surface area (Å²) in [5.74, 6) is -0.302. The second-order valence-corrected chi connectivity index (χ2v) is 7.31. The van der Waals surface area contributed by atoms with Gasteiger partial charge in [0.1, 0.15) is 12.0 Å². The van der Waals surface area contributed by atoms with Crippen LogP contribution in [0.3, 0.4) is 0 Å². The highest BCUT2D eigenvalue weighted by molar-refractivity contribution is 6.16. The van der Waals surface area contributed by atoms with Gasteiger partial charge in [0.25, 0.3) is 11.6 Å². The molecular formula is C25H16N8O2. The summed E-state index contributed by atoms with van der Waals surface area (Å²) in [5.41, 5.74) is 0.863. The predicted molar refractivity (Wildman–Crippen MR) is 130 cm³/mol. The van der Waals surface area contributed by atoms with Gasteiger partial charge in [-0.3, -0.25) is 4.79 Å². The third-order valence-electron chi connectivity index (χ3n) is 5.14. The average Bonchev–Trinajstić information content (AvgIpc) is 3.31. The fourth-order valence-electron chi connectivity index (χ4n) is 3.53. The van der Waals surface area contributed by atoms with Gasteiger partial charge in [-0.05, 0) is 29.0 Å². The highest BCUT2D eigenvalue weighted by atomic mass is 16.3. The van der Waals surface area contributed by atoms with Gasteiger partial charge in [-0.1, -0.05) is 42.5 Å². The summed E-state index contributed by atoms with van der Waals surface area (Å²) in [6.45, 7) is 7.43. The molecule has 0 spiro atoms. The molecule has 3 aromatic carbocycles. The summed E-state index contributed by atoms with van der Waals surface area (Å²) >= 11 is 0. The van der Waals surface area contributed by atoms with Crippen molar-refractivity contribution in [3.63, 3.8) is 0 Å².